The van der Waals surface area contributed by atoms with Gasteiger partial charge in [-0.1, -0.05) is 6.07 Å². The van der Waals surface area contributed by atoms with Crippen molar-refractivity contribution in [3.63, 3.8) is 0 Å². The van der Waals surface area contributed by atoms with Crippen LogP contribution in [0.2, 0.25) is 0 Å². The van der Waals surface area contributed by atoms with E-state index >= 15 is 0 Å². The number of aromatic carboxylic acids is 2. The molecule has 142 valence electrons. The zero-order chi connectivity index (χ0) is 17.7. The topological polar surface area (TPSA) is 117 Å². The van der Waals surface area contributed by atoms with Crippen molar-refractivity contribution in [1.82, 2.24) is 4.98 Å². The molecule has 26 heavy (non-hydrogen) atoms. The highest BCUT2D eigenvalue weighted by Gasteiger charge is 2.22. The lowest BCUT2D eigenvalue weighted by Crippen LogP contribution is -2.55. The lowest BCUT2D eigenvalue weighted by molar-refractivity contribution is 0.0696. The number of rotatable bonds is 3. The highest BCUT2D eigenvalue weighted by Crippen LogP contribution is 2.19. The Morgan fingerprint density at radius 1 is 1.08 bits per heavy atom. The predicted molar refractivity (Wildman–Crippen MR) is 104 cm³/mol. The third kappa shape index (κ3) is 6.51. The molecule has 0 bridgehead atoms. The number of halogens is 2. The number of nitrogens with two attached hydrogens (primary N) is 1. The number of carboxylic acids is 2. The fourth-order valence-electron chi connectivity index (χ4n) is 2.24. The second-order valence-corrected chi connectivity index (χ2v) is 5.51. The molecule has 1 aromatic carbocycles. The van der Waals surface area contributed by atoms with E-state index in [2.05, 4.69) is 16.0 Å². The Balaban J connectivity index is 0.000000446. The molecule has 1 fully saturated rings. The third-order valence-electron chi connectivity index (χ3n) is 3.51. The number of aromatic nitrogens is 1. The van der Waals surface area contributed by atoms with Crippen LogP contribution in [0.4, 0.5) is 5.69 Å². The Kier molecular flexibility index (Phi) is 9.64. The number of aryl methyl sites for hydroxylation is 1. The smallest absolute Gasteiger partial charge is 0.335 e. The minimum Gasteiger partial charge on any atom is -0.478 e. The first-order valence-electron chi connectivity index (χ1n) is 7.36. The maximum Gasteiger partial charge on any atom is 0.335 e. The highest BCUT2D eigenvalue weighted by molar-refractivity contribution is 5.93. The third-order valence-corrected chi connectivity index (χ3v) is 3.51. The van der Waals surface area contributed by atoms with Crippen LogP contribution in [0, 0.1) is 6.92 Å². The molecule has 1 saturated heterocycles. The van der Waals surface area contributed by atoms with Crippen LogP contribution in [-0.2, 0) is 0 Å². The minimum absolute atomic E-state index is 0. The number of hydrogen-bond acceptors (Lipinski definition) is 5. The Bertz CT molecular complexity index is 723. The molecule has 0 unspecified atom stereocenters. The van der Waals surface area contributed by atoms with Crippen LogP contribution in [-0.4, -0.2) is 46.3 Å². The molecule has 2 aromatic rings. The first kappa shape index (κ1) is 23.6. The van der Waals surface area contributed by atoms with Gasteiger partial charge in [0.2, 0.25) is 0 Å². The monoisotopic (exact) mass is 401 g/mol. The molecule has 7 nitrogen and oxygen atoms in total. The molecule has 0 amide bonds. The van der Waals surface area contributed by atoms with Gasteiger partial charge in [-0.3, -0.25) is 4.98 Å². The Morgan fingerprint density at radius 3 is 2.04 bits per heavy atom. The quantitative estimate of drug-likeness (QED) is 0.722. The summed E-state index contributed by atoms with van der Waals surface area (Å²) in [6.45, 7) is 3.95. The fraction of sp³-hybridized carbons (Fsp3) is 0.235. The van der Waals surface area contributed by atoms with E-state index in [0.29, 0.717) is 6.04 Å². The van der Waals surface area contributed by atoms with Gasteiger partial charge in [0.05, 0.1) is 11.1 Å². The summed E-state index contributed by atoms with van der Waals surface area (Å²) in [6.07, 6.45) is 1.84. The Morgan fingerprint density at radius 2 is 1.62 bits per heavy atom. The summed E-state index contributed by atoms with van der Waals surface area (Å²) >= 11 is 0. The molecule has 9 heteroatoms. The number of anilines is 1. The summed E-state index contributed by atoms with van der Waals surface area (Å²) in [6, 6.07) is 9.67. The molecular formula is C17H21Cl2N3O4. The summed E-state index contributed by atoms with van der Waals surface area (Å²) < 4.78 is 0. The molecule has 0 radical (unpaired) electrons. The van der Waals surface area contributed by atoms with Gasteiger partial charge in [-0.2, -0.15) is 0 Å². The normalized spacial score (nSPS) is 12.5. The largest absolute Gasteiger partial charge is 0.478 e. The van der Waals surface area contributed by atoms with Gasteiger partial charge in [-0.05, 0) is 37.3 Å². The van der Waals surface area contributed by atoms with Crippen LogP contribution in [0.3, 0.4) is 0 Å². The predicted octanol–water partition coefficient (Wildman–Crippen LogP) is 2.46. The zero-order valence-electron chi connectivity index (χ0n) is 14.0. The van der Waals surface area contributed by atoms with Gasteiger partial charge in [0.15, 0.2) is 0 Å². The van der Waals surface area contributed by atoms with Crippen molar-refractivity contribution >= 4 is 42.4 Å². The average Bonchev–Trinajstić information content (AvgIpc) is 2.52. The van der Waals surface area contributed by atoms with Gasteiger partial charge in [-0.15, -0.1) is 24.8 Å². The van der Waals surface area contributed by atoms with E-state index in [1.54, 1.807) is 0 Å². The van der Waals surface area contributed by atoms with E-state index in [1.165, 1.54) is 23.9 Å². The number of carbonyl (C=O) groups is 2. The number of nitrogens with zero attached hydrogens (tertiary/aromatic N) is 2. The average molecular weight is 402 g/mol. The van der Waals surface area contributed by atoms with Gasteiger partial charge in [0.1, 0.15) is 0 Å². The van der Waals surface area contributed by atoms with Gasteiger partial charge in [0.25, 0.3) is 0 Å². The molecule has 0 saturated carbocycles. The summed E-state index contributed by atoms with van der Waals surface area (Å²) in [5, 5.41) is 17.0. The van der Waals surface area contributed by atoms with Crippen molar-refractivity contribution in [1.29, 1.82) is 0 Å². The number of benzene rings is 1. The van der Waals surface area contributed by atoms with Crippen molar-refractivity contribution < 1.29 is 19.8 Å². The van der Waals surface area contributed by atoms with E-state index in [0.717, 1.165) is 24.8 Å². The first-order chi connectivity index (χ1) is 11.4. The van der Waals surface area contributed by atoms with Crippen LogP contribution in [0.25, 0.3) is 0 Å². The second kappa shape index (κ2) is 10.6. The lowest BCUT2D eigenvalue weighted by atomic mass is 10.1. The molecule has 3 rings (SSSR count). The van der Waals surface area contributed by atoms with Gasteiger partial charge in [-0.25, -0.2) is 9.59 Å². The first-order valence-corrected chi connectivity index (χ1v) is 7.36. The van der Waals surface area contributed by atoms with Crippen molar-refractivity contribution in [3.05, 3.63) is 59.4 Å². The standard InChI is InChI=1S/C9H13N3.C8H6O4.2ClH/c1-7-4-9(2-3-11-7)12-5-8(10)6-12;9-7(10)5-2-1-3-6(4-5)8(11)12;;/h2-4,8H,5-6,10H2,1H3;1-4H,(H,9,10)(H,11,12);2*1H. The maximum absolute atomic E-state index is 10.4. The Hall–Kier alpha value is -2.35. The van der Waals surface area contributed by atoms with E-state index in [4.69, 9.17) is 15.9 Å². The molecule has 0 spiro atoms. The van der Waals surface area contributed by atoms with Crippen LogP contribution in [0.15, 0.2) is 42.6 Å². The lowest BCUT2D eigenvalue weighted by Gasteiger charge is -2.38. The van der Waals surface area contributed by atoms with Crippen LogP contribution in [0.1, 0.15) is 26.4 Å². The molecule has 1 aliphatic rings. The molecule has 4 N–H and O–H groups in total. The molecule has 0 atom stereocenters. The molecular weight excluding hydrogens is 381 g/mol. The molecule has 0 aliphatic carbocycles. The Labute approximate surface area is 163 Å². The fourth-order valence-corrected chi connectivity index (χ4v) is 2.24. The van der Waals surface area contributed by atoms with E-state index in [9.17, 15) is 9.59 Å². The SMILES string of the molecule is Cc1cc(N2CC(N)C2)ccn1.Cl.Cl.O=C(O)c1cccc(C(=O)O)c1. The van der Waals surface area contributed by atoms with Crippen LogP contribution >= 0.6 is 24.8 Å². The summed E-state index contributed by atoms with van der Waals surface area (Å²) in [7, 11) is 0. The maximum atomic E-state index is 10.4. The van der Waals surface area contributed by atoms with Gasteiger partial charge in [0, 0.05) is 36.7 Å². The number of carboxylic acid groups (broad SMARTS) is 2. The summed E-state index contributed by atoms with van der Waals surface area (Å²) in [5.41, 5.74) is 7.95. The van der Waals surface area contributed by atoms with E-state index in [-0.39, 0.29) is 35.9 Å². The minimum atomic E-state index is -1.13. The van der Waals surface area contributed by atoms with E-state index in [1.807, 2.05) is 19.2 Å². The molecule has 1 aromatic heterocycles. The molecule has 2 heterocycles. The van der Waals surface area contributed by atoms with E-state index < -0.39 is 11.9 Å². The van der Waals surface area contributed by atoms with Crippen LogP contribution < -0.4 is 10.6 Å². The van der Waals surface area contributed by atoms with Crippen molar-refractivity contribution in [3.8, 4) is 0 Å². The van der Waals surface area contributed by atoms with Crippen molar-refractivity contribution in [2.45, 2.75) is 13.0 Å². The number of hydrogen-bond donors (Lipinski definition) is 3. The number of pyridine rings is 1. The van der Waals surface area contributed by atoms with Crippen molar-refractivity contribution in [2.75, 3.05) is 18.0 Å². The zero-order valence-corrected chi connectivity index (χ0v) is 15.7. The van der Waals surface area contributed by atoms with Gasteiger partial charge < -0.3 is 20.8 Å². The van der Waals surface area contributed by atoms with Crippen LogP contribution in [0.5, 0.6) is 0 Å². The summed E-state index contributed by atoms with van der Waals surface area (Å²) in [4.78, 5) is 27.2. The van der Waals surface area contributed by atoms with Gasteiger partial charge >= 0.3 is 11.9 Å². The second-order valence-electron chi connectivity index (χ2n) is 5.51. The van der Waals surface area contributed by atoms with Crippen molar-refractivity contribution in [2.24, 2.45) is 5.73 Å². The summed E-state index contributed by atoms with van der Waals surface area (Å²) in [5.74, 6) is -2.25. The molecule has 1 aliphatic heterocycles. The highest BCUT2D eigenvalue weighted by atomic mass is 35.5.